The number of hydrogen-bond donors (Lipinski definition) is 1. The molecule has 0 radical (unpaired) electrons. The number of anilines is 2. The molecule has 1 aliphatic rings. The topological polar surface area (TPSA) is 65.0 Å². The Morgan fingerprint density at radius 3 is 2.34 bits per heavy atom. The highest BCUT2D eigenvalue weighted by Crippen LogP contribution is 2.26. The smallest absolute Gasteiger partial charge is 0.282 e. The van der Waals surface area contributed by atoms with Gasteiger partial charge in [0.25, 0.3) is 11.8 Å². The lowest BCUT2D eigenvalue weighted by atomic mass is 10.1. The van der Waals surface area contributed by atoms with Crippen molar-refractivity contribution in [3.8, 4) is 0 Å². The molecule has 6 nitrogen and oxygen atoms in total. The minimum Gasteiger partial charge on any atom is -0.361 e. The highest BCUT2D eigenvalue weighted by Gasteiger charge is 2.30. The molecule has 0 spiro atoms. The van der Waals surface area contributed by atoms with Crippen LogP contribution in [0.4, 0.5) is 11.4 Å². The molecular weight excluding hydrogens is 400 g/mol. The molecule has 3 rings (SSSR count). The van der Waals surface area contributed by atoms with E-state index in [1.54, 1.807) is 35.4 Å². The first-order valence-electron chi connectivity index (χ1n) is 11.4. The standard InChI is InChI=1S/C26H32N4O2/c1-5-11-24-22(18-27-23-13-10-9-12-19(23)6-2)26(32)30(28-24)21-16-14-20(15-17-21)25(31)29(7-3)8-4/h9-10,12-18,27H,5-8,11H2,1-4H3/b22-18+. The second-order valence-corrected chi connectivity index (χ2v) is 7.65. The fourth-order valence-electron chi connectivity index (χ4n) is 3.76. The molecule has 0 aliphatic carbocycles. The third-order valence-corrected chi connectivity index (χ3v) is 5.62. The Morgan fingerprint density at radius 2 is 1.72 bits per heavy atom. The van der Waals surface area contributed by atoms with Crippen molar-refractivity contribution in [1.29, 1.82) is 0 Å². The quantitative estimate of drug-likeness (QED) is 0.552. The van der Waals surface area contributed by atoms with Gasteiger partial charge in [0.1, 0.15) is 0 Å². The van der Waals surface area contributed by atoms with Crippen LogP contribution >= 0.6 is 0 Å². The maximum absolute atomic E-state index is 13.2. The third-order valence-electron chi connectivity index (χ3n) is 5.62. The highest BCUT2D eigenvalue weighted by molar-refractivity contribution is 6.30. The van der Waals surface area contributed by atoms with Crippen LogP contribution in [-0.2, 0) is 11.2 Å². The van der Waals surface area contributed by atoms with Crippen LogP contribution in [0, 0.1) is 0 Å². The SMILES string of the molecule is CCCC1=NN(c2ccc(C(=O)N(CC)CC)cc2)C(=O)/C1=C/Nc1ccccc1CC. The van der Waals surface area contributed by atoms with E-state index in [-0.39, 0.29) is 11.8 Å². The highest BCUT2D eigenvalue weighted by atomic mass is 16.2. The Bertz CT molecular complexity index is 1020. The Labute approximate surface area is 190 Å². The molecule has 1 N–H and O–H groups in total. The number of hydrogen-bond acceptors (Lipinski definition) is 4. The number of carbonyl (C=O) groups is 2. The second-order valence-electron chi connectivity index (χ2n) is 7.65. The van der Waals surface area contributed by atoms with Crippen molar-refractivity contribution in [2.45, 2.75) is 47.0 Å². The van der Waals surface area contributed by atoms with E-state index in [1.807, 2.05) is 32.0 Å². The van der Waals surface area contributed by atoms with Crippen molar-refractivity contribution in [2.24, 2.45) is 5.10 Å². The molecule has 1 aliphatic heterocycles. The number of nitrogens with zero attached hydrogens (tertiary/aromatic N) is 3. The van der Waals surface area contributed by atoms with Gasteiger partial charge in [-0.1, -0.05) is 38.5 Å². The van der Waals surface area contributed by atoms with Gasteiger partial charge in [-0.15, -0.1) is 0 Å². The van der Waals surface area contributed by atoms with Crippen molar-refractivity contribution in [3.05, 3.63) is 71.4 Å². The lowest BCUT2D eigenvalue weighted by Gasteiger charge is -2.19. The van der Waals surface area contributed by atoms with E-state index in [0.717, 1.165) is 24.2 Å². The zero-order chi connectivity index (χ0) is 23.1. The minimum atomic E-state index is -0.169. The first-order valence-corrected chi connectivity index (χ1v) is 11.4. The van der Waals surface area contributed by atoms with E-state index in [2.05, 4.69) is 30.3 Å². The largest absolute Gasteiger partial charge is 0.361 e. The molecule has 0 atom stereocenters. The van der Waals surface area contributed by atoms with E-state index in [4.69, 9.17) is 0 Å². The van der Waals surface area contributed by atoms with E-state index in [0.29, 0.717) is 36.3 Å². The number of rotatable bonds is 9. The average molecular weight is 433 g/mol. The van der Waals surface area contributed by atoms with Gasteiger partial charge in [0.15, 0.2) is 0 Å². The summed E-state index contributed by atoms with van der Waals surface area (Å²) in [5, 5.41) is 9.34. The van der Waals surface area contributed by atoms with E-state index in [1.165, 1.54) is 10.6 Å². The molecule has 0 bridgehead atoms. The van der Waals surface area contributed by atoms with Crippen molar-refractivity contribution in [1.82, 2.24) is 4.90 Å². The predicted molar refractivity (Wildman–Crippen MR) is 131 cm³/mol. The van der Waals surface area contributed by atoms with Crippen molar-refractivity contribution < 1.29 is 9.59 Å². The van der Waals surface area contributed by atoms with E-state index >= 15 is 0 Å². The van der Waals surface area contributed by atoms with Crippen LogP contribution in [0.3, 0.4) is 0 Å². The van der Waals surface area contributed by atoms with Gasteiger partial charge < -0.3 is 10.2 Å². The molecule has 0 unspecified atom stereocenters. The summed E-state index contributed by atoms with van der Waals surface area (Å²) in [6.07, 6.45) is 4.27. The third kappa shape index (κ3) is 4.90. The molecule has 0 saturated carbocycles. The summed E-state index contributed by atoms with van der Waals surface area (Å²) in [5.41, 5.74) is 4.77. The van der Waals surface area contributed by atoms with Gasteiger partial charge in [-0.3, -0.25) is 9.59 Å². The fraction of sp³-hybridized carbons (Fsp3) is 0.346. The number of hydrazone groups is 1. The first-order chi connectivity index (χ1) is 15.5. The summed E-state index contributed by atoms with van der Waals surface area (Å²) in [6.45, 7) is 9.42. The summed E-state index contributed by atoms with van der Waals surface area (Å²) < 4.78 is 0. The molecule has 168 valence electrons. The Morgan fingerprint density at radius 1 is 1.03 bits per heavy atom. The average Bonchev–Trinajstić information content (AvgIpc) is 3.13. The number of aryl methyl sites for hydroxylation is 1. The van der Waals surface area contributed by atoms with Gasteiger partial charge in [0.05, 0.1) is 17.0 Å². The predicted octanol–water partition coefficient (Wildman–Crippen LogP) is 5.23. The monoisotopic (exact) mass is 432 g/mol. The van der Waals surface area contributed by atoms with Gasteiger partial charge in [-0.2, -0.15) is 10.1 Å². The van der Waals surface area contributed by atoms with Crippen LogP contribution in [0.2, 0.25) is 0 Å². The maximum atomic E-state index is 13.2. The van der Waals surface area contributed by atoms with Crippen LogP contribution in [0.15, 0.2) is 65.4 Å². The molecule has 0 fully saturated rings. The Hall–Kier alpha value is -3.41. The molecule has 0 aromatic heterocycles. The normalized spacial score (nSPS) is 14.6. The van der Waals surface area contributed by atoms with Crippen molar-refractivity contribution >= 4 is 28.9 Å². The Balaban J connectivity index is 1.84. The van der Waals surface area contributed by atoms with Gasteiger partial charge in [0, 0.05) is 30.5 Å². The van der Waals surface area contributed by atoms with Gasteiger partial charge in [-0.25, -0.2) is 0 Å². The summed E-state index contributed by atoms with van der Waals surface area (Å²) >= 11 is 0. The van der Waals surface area contributed by atoms with Gasteiger partial charge >= 0.3 is 0 Å². The first kappa shape index (κ1) is 23.3. The summed E-state index contributed by atoms with van der Waals surface area (Å²) in [5.74, 6) is -0.179. The number of carbonyl (C=O) groups excluding carboxylic acids is 2. The van der Waals surface area contributed by atoms with Crippen LogP contribution < -0.4 is 10.3 Å². The van der Waals surface area contributed by atoms with E-state index < -0.39 is 0 Å². The molecule has 1 heterocycles. The summed E-state index contributed by atoms with van der Waals surface area (Å²) in [4.78, 5) is 27.6. The molecule has 2 aromatic rings. The molecule has 32 heavy (non-hydrogen) atoms. The summed E-state index contributed by atoms with van der Waals surface area (Å²) in [7, 11) is 0. The lowest BCUT2D eigenvalue weighted by Crippen LogP contribution is -2.30. The zero-order valence-corrected chi connectivity index (χ0v) is 19.4. The molecule has 2 aromatic carbocycles. The second kappa shape index (κ2) is 10.8. The minimum absolute atomic E-state index is 0.0103. The van der Waals surface area contributed by atoms with Crippen molar-refractivity contribution in [3.63, 3.8) is 0 Å². The van der Waals surface area contributed by atoms with Crippen LogP contribution in [0.5, 0.6) is 0 Å². The Kier molecular flexibility index (Phi) is 7.82. The van der Waals surface area contributed by atoms with Crippen LogP contribution in [-0.4, -0.2) is 35.5 Å². The molecular formula is C26H32N4O2. The number of benzene rings is 2. The zero-order valence-electron chi connectivity index (χ0n) is 19.4. The molecule has 0 saturated heterocycles. The maximum Gasteiger partial charge on any atom is 0.282 e. The fourth-order valence-corrected chi connectivity index (χ4v) is 3.76. The summed E-state index contributed by atoms with van der Waals surface area (Å²) in [6, 6.07) is 15.2. The van der Waals surface area contributed by atoms with Gasteiger partial charge in [-0.05, 0) is 62.6 Å². The molecule has 2 amide bonds. The van der Waals surface area contributed by atoms with Gasteiger partial charge in [0.2, 0.25) is 0 Å². The number of nitrogens with one attached hydrogen (secondary N) is 1. The number of amides is 2. The van der Waals surface area contributed by atoms with Crippen LogP contribution in [0.25, 0.3) is 0 Å². The van der Waals surface area contributed by atoms with Crippen LogP contribution in [0.1, 0.15) is 56.5 Å². The number of para-hydroxylation sites is 1. The molecule has 6 heteroatoms. The van der Waals surface area contributed by atoms with E-state index in [9.17, 15) is 9.59 Å². The van der Waals surface area contributed by atoms with Crippen molar-refractivity contribution in [2.75, 3.05) is 23.4 Å². The lowest BCUT2D eigenvalue weighted by molar-refractivity contribution is -0.114.